The standard InChI is InChI=1S/C8H5BrClN/c9-4-1-2-8-6-7(10)3-5-11-8/h3,5-6H,4H2. The van der Waals surface area contributed by atoms with E-state index >= 15 is 0 Å². The molecule has 0 atom stereocenters. The Labute approximate surface area is 78.9 Å². The highest BCUT2D eigenvalue weighted by atomic mass is 79.9. The SMILES string of the molecule is Clc1ccnc(C#CCBr)c1. The van der Waals surface area contributed by atoms with Gasteiger partial charge in [-0.25, -0.2) is 4.98 Å². The molecule has 0 aliphatic carbocycles. The van der Waals surface area contributed by atoms with Crippen molar-refractivity contribution in [1.29, 1.82) is 0 Å². The largest absolute Gasteiger partial charge is 0.248 e. The molecule has 0 amide bonds. The molecule has 0 saturated heterocycles. The number of hydrogen-bond donors (Lipinski definition) is 0. The summed E-state index contributed by atoms with van der Waals surface area (Å²) in [6.45, 7) is 0. The summed E-state index contributed by atoms with van der Waals surface area (Å²) in [7, 11) is 0. The molecular weight excluding hydrogens is 225 g/mol. The maximum absolute atomic E-state index is 5.70. The van der Waals surface area contributed by atoms with Gasteiger partial charge in [-0.2, -0.15) is 0 Å². The molecule has 0 aliphatic rings. The molecule has 1 aromatic rings. The Hall–Kier alpha value is -0.520. The zero-order valence-electron chi connectivity index (χ0n) is 5.64. The highest BCUT2D eigenvalue weighted by Crippen LogP contribution is 2.06. The van der Waals surface area contributed by atoms with E-state index < -0.39 is 0 Å². The minimum absolute atomic E-state index is 0.654. The van der Waals surface area contributed by atoms with Crippen molar-refractivity contribution in [3.8, 4) is 11.8 Å². The van der Waals surface area contributed by atoms with Crippen LogP contribution in [-0.4, -0.2) is 10.3 Å². The van der Waals surface area contributed by atoms with E-state index in [1.54, 1.807) is 18.3 Å². The van der Waals surface area contributed by atoms with Crippen molar-refractivity contribution in [2.75, 3.05) is 5.33 Å². The number of halogens is 2. The van der Waals surface area contributed by atoms with Gasteiger partial charge in [-0.1, -0.05) is 33.5 Å². The summed E-state index contributed by atoms with van der Waals surface area (Å²) in [5, 5.41) is 1.32. The van der Waals surface area contributed by atoms with Crippen LogP contribution >= 0.6 is 27.5 Å². The average molecular weight is 230 g/mol. The number of aromatic nitrogens is 1. The third-order valence-corrected chi connectivity index (χ3v) is 1.52. The normalized spacial score (nSPS) is 8.55. The van der Waals surface area contributed by atoms with Gasteiger partial charge in [0.25, 0.3) is 0 Å². The second-order valence-electron chi connectivity index (χ2n) is 1.79. The van der Waals surface area contributed by atoms with E-state index in [9.17, 15) is 0 Å². The highest BCUT2D eigenvalue weighted by Gasteiger charge is 1.88. The molecule has 56 valence electrons. The van der Waals surface area contributed by atoms with Crippen LogP contribution in [0.4, 0.5) is 0 Å². The van der Waals surface area contributed by atoms with Gasteiger partial charge < -0.3 is 0 Å². The van der Waals surface area contributed by atoms with Gasteiger partial charge in [0, 0.05) is 11.2 Å². The first kappa shape index (κ1) is 8.58. The molecule has 1 heterocycles. The summed E-state index contributed by atoms with van der Waals surface area (Å²) in [5.41, 5.74) is 0.706. The van der Waals surface area contributed by atoms with Crippen LogP contribution in [0.1, 0.15) is 5.69 Å². The van der Waals surface area contributed by atoms with Crippen LogP contribution in [0.3, 0.4) is 0 Å². The lowest BCUT2D eigenvalue weighted by molar-refractivity contribution is 1.29. The number of pyridine rings is 1. The first-order valence-corrected chi connectivity index (χ1v) is 4.49. The second-order valence-corrected chi connectivity index (χ2v) is 2.79. The molecule has 0 saturated carbocycles. The van der Waals surface area contributed by atoms with Crippen LogP contribution in [0, 0.1) is 11.8 Å². The fourth-order valence-corrected chi connectivity index (χ4v) is 0.897. The van der Waals surface area contributed by atoms with Gasteiger partial charge >= 0.3 is 0 Å². The van der Waals surface area contributed by atoms with Gasteiger partial charge in [0.15, 0.2) is 0 Å². The van der Waals surface area contributed by atoms with Crippen molar-refractivity contribution in [2.45, 2.75) is 0 Å². The van der Waals surface area contributed by atoms with E-state index in [0.717, 1.165) is 0 Å². The minimum atomic E-state index is 0.654. The lowest BCUT2D eigenvalue weighted by Crippen LogP contribution is -1.79. The maximum atomic E-state index is 5.70. The Balaban J connectivity index is 2.87. The quantitative estimate of drug-likeness (QED) is 0.493. The van der Waals surface area contributed by atoms with Crippen LogP contribution in [0.25, 0.3) is 0 Å². The van der Waals surface area contributed by atoms with E-state index in [1.807, 2.05) is 0 Å². The van der Waals surface area contributed by atoms with Crippen molar-refractivity contribution in [2.24, 2.45) is 0 Å². The summed E-state index contributed by atoms with van der Waals surface area (Å²) in [6, 6.07) is 3.46. The van der Waals surface area contributed by atoms with Gasteiger partial charge in [0.05, 0.1) is 5.33 Å². The van der Waals surface area contributed by atoms with Crippen molar-refractivity contribution in [1.82, 2.24) is 4.98 Å². The smallest absolute Gasteiger partial charge is 0.114 e. The predicted octanol–water partition coefficient (Wildman–Crippen LogP) is 2.48. The Bertz CT molecular complexity index is 300. The third-order valence-electron chi connectivity index (χ3n) is 1.01. The number of nitrogens with zero attached hydrogens (tertiary/aromatic N) is 1. The molecule has 0 spiro atoms. The van der Waals surface area contributed by atoms with Gasteiger partial charge in [-0.05, 0) is 18.1 Å². The molecule has 1 aromatic heterocycles. The van der Waals surface area contributed by atoms with Gasteiger partial charge in [-0.15, -0.1) is 0 Å². The highest BCUT2D eigenvalue weighted by molar-refractivity contribution is 9.09. The van der Waals surface area contributed by atoms with Crippen LogP contribution in [0.2, 0.25) is 5.02 Å². The van der Waals surface area contributed by atoms with Crippen LogP contribution in [0.5, 0.6) is 0 Å². The zero-order valence-corrected chi connectivity index (χ0v) is 7.98. The van der Waals surface area contributed by atoms with Gasteiger partial charge in [0.2, 0.25) is 0 Å². The summed E-state index contributed by atoms with van der Waals surface area (Å²) in [5.74, 6) is 5.68. The molecule has 1 rings (SSSR count). The molecule has 1 nitrogen and oxygen atoms in total. The third kappa shape index (κ3) is 2.92. The zero-order chi connectivity index (χ0) is 8.10. The fourth-order valence-electron chi connectivity index (χ4n) is 0.597. The number of hydrogen-bond acceptors (Lipinski definition) is 1. The molecule has 0 aromatic carbocycles. The first-order chi connectivity index (χ1) is 5.33. The van der Waals surface area contributed by atoms with Crippen LogP contribution in [0.15, 0.2) is 18.3 Å². The molecule has 0 unspecified atom stereocenters. The fraction of sp³-hybridized carbons (Fsp3) is 0.125. The molecule has 0 radical (unpaired) electrons. The first-order valence-electron chi connectivity index (χ1n) is 2.99. The Morgan fingerprint density at radius 3 is 3.09 bits per heavy atom. The van der Waals surface area contributed by atoms with E-state index in [2.05, 4.69) is 32.8 Å². The van der Waals surface area contributed by atoms with E-state index in [4.69, 9.17) is 11.6 Å². The molecule has 0 aliphatic heterocycles. The van der Waals surface area contributed by atoms with Crippen molar-refractivity contribution in [3.05, 3.63) is 29.0 Å². The maximum Gasteiger partial charge on any atom is 0.114 e. The van der Waals surface area contributed by atoms with Gasteiger partial charge in [-0.3, -0.25) is 0 Å². The Morgan fingerprint density at radius 1 is 1.64 bits per heavy atom. The second kappa shape index (κ2) is 4.38. The lowest BCUT2D eigenvalue weighted by atomic mass is 10.3. The van der Waals surface area contributed by atoms with Crippen molar-refractivity contribution >= 4 is 27.5 Å². The average Bonchev–Trinajstić information content (AvgIpc) is 2.01. The van der Waals surface area contributed by atoms with E-state index in [1.165, 1.54) is 0 Å². The molecule has 0 N–H and O–H groups in total. The minimum Gasteiger partial charge on any atom is -0.248 e. The van der Waals surface area contributed by atoms with Crippen LogP contribution < -0.4 is 0 Å². The Morgan fingerprint density at radius 2 is 2.45 bits per heavy atom. The molecule has 3 heteroatoms. The van der Waals surface area contributed by atoms with E-state index in [-0.39, 0.29) is 0 Å². The number of rotatable bonds is 0. The summed E-state index contributed by atoms with van der Waals surface area (Å²) >= 11 is 8.90. The van der Waals surface area contributed by atoms with Crippen molar-refractivity contribution < 1.29 is 0 Å². The van der Waals surface area contributed by atoms with Crippen molar-refractivity contribution in [3.63, 3.8) is 0 Å². The Kier molecular flexibility index (Phi) is 3.41. The lowest BCUT2D eigenvalue weighted by Gasteiger charge is -1.88. The van der Waals surface area contributed by atoms with Crippen LogP contribution in [-0.2, 0) is 0 Å². The summed E-state index contributed by atoms with van der Waals surface area (Å²) < 4.78 is 0. The summed E-state index contributed by atoms with van der Waals surface area (Å²) in [4.78, 5) is 4.00. The monoisotopic (exact) mass is 229 g/mol. The molecular formula is C8H5BrClN. The summed E-state index contributed by atoms with van der Waals surface area (Å²) in [6.07, 6.45) is 1.64. The molecule has 11 heavy (non-hydrogen) atoms. The van der Waals surface area contributed by atoms with Gasteiger partial charge in [0.1, 0.15) is 5.69 Å². The molecule has 0 bridgehead atoms. The molecule has 0 fully saturated rings. The van der Waals surface area contributed by atoms with E-state index in [0.29, 0.717) is 16.0 Å². The number of alkyl halides is 1. The topological polar surface area (TPSA) is 12.9 Å². The predicted molar refractivity (Wildman–Crippen MR) is 49.9 cm³/mol.